The molecule has 100 valence electrons. The van der Waals surface area contributed by atoms with Gasteiger partial charge >= 0.3 is 0 Å². The molecule has 0 aliphatic carbocycles. The van der Waals surface area contributed by atoms with Crippen LogP contribution in [0.2, 0.25) is 0 Å². The molecule has 0 unspecified atom stereocenters. The number of anilines is 1. The largest absolute Gasteiger partial charge is 0.481 e. The van der Waals surface area contributed by atoms with Crippen molar-refractivity contribution in [3.63, 3.8) is 0 Å². The molecule has 0 fully saturated rings. The van der Waals surface area contributed by atoms with E-state index in [2.05, 4.69) is 15.0 Å². The van der Waals surface area contributed by atoms with Gasteiger partial charge in [0, 0.05) is 22.7 Å². The van der Waals surface area contributed by atoms with Gasteiger partial charge in [0.05, 0.1) is 18.3 Å². The van der Waals surface area contributed by atoms with E-state index in [0.29, 0.717) is 5.88 Å². The summed E-state index contributed by atoms with van der Waals surface area (Å²) in [5.41, 5.74) is 9.34. The van der Waals surface area contributed by atoms with Crippen LogP contribution in [-0.2, 0) is 0 Å². The van der Waals surface area contributed by atoms with Gasteiger partial charge in [0.25, 0.3) is 0 Å². The lowest BCUT2D eigenvalue weighted by molar-refractivity contribution is 0.398. The number of hydrogen-bond acceptors (Lipinski definition) is 5. The Kier molecular flexibility index (Phi) is 2.95. The number of aromatic nitrogens is 3. The maximum Gasteiger partial charge on any atom is 0.223 e. The lowest BCUT2D eigenvalue weighted by atomic mass is 10.1. The normalized spacial score (nSPS) is 10.7. The van der Waals surface area contributed by atoms with E-state index in [1.165, 1.54) is 0 Å². The number of benzene rings is 1. The smallest absolute Gasteiger partial charge is 0.223 e. The van der Waals surface area contributed by atoms with Crippen LogP contribution in [0, 0.1) is 6.92 Å². The molecule has 0 bridgehead atoms. The van der Waals surface area contributed by atoms with E-state index in [9.17, 15) is 0 Å². The third kappa shape index (κ3) is 2.25. The summed E-state index contributed by atoms with van der Waals surface area (Å²) in [7, 11) is 1.55. The molecular formula is C15H14N4O. The van der Waals surface area contributed by atoms with E-state index in [1.807, 2.05) is 37.3 Å². The minimum absolute atomic E-state index is 0.196. The molecule has 5 nitrogen and oxygen atoms in total. The first kappa shape index (κ1) is 12.3. The molecule has 0 radical (unpaired) electrons. The predicted molar refractivity (Wildman–Crippen MR) is 78.5 cm³/mol. The lowest BCUT2D eigenvalue weighted by Gasteiger charge is -2.06. The Morgan fingerprint density at radius 3 is 2.65 bits per heavy atom. The second-order valence-electron chi connectivity index (χ2n) is 4.51. The van der Waals surface area contributed by atoms with Gasteiger partial charge in [0.15, 0.2) is 0 Å². The number of ether oxygens (including phenoxy) is 1. The summed E-state index contributed by atoms with van der Waals surface area (Å²) in [5.74, 6) is 0.649. The molecule has 5 heteroatoms. The zero-order chi connectivity index (χ0) is 14.1. The average Bonchev–Trinajstić information content (AvgIpc) is 2.46. The average molecular weight is 266 g/mol. The van der Waals surface area contributed by atoms with E-state index in [4.69, 9.17) is 10.5 Å². The Morgan fingerprint density at radius 1 is 1.00 bits per heavy atom. The highest BCUT2D eigenvalue weighted by molar-refractivity contribution is 5.84. The van der Waals surface area contributed by atoms with Gasteiger partial charge < -0.3 is 10.5 Å². The minimum atomic E-state index is 0.196. The quantitative estimate of drug-likeness (QED) is 0.771. The van der Waals surface area contributed by atoms with Crippen molar-refractivity contribution in [2.75, 3.05) is 12.8 Å². The van der Waals surface area contributed by atoms with Gasteiger partial charge in [0.1, 0.15) is 0 Å². The van der Waals surface area contributed by atoms with Crippen molar-refractivity contribution in [2.45, 2.75) is 6.92 Å². The number of pyridine rings is 1. The fraction of sp³-hybridized carbons (Fsp3) is 0.133. The molecule has 0 saturated carbocycles. The molecule has 2 N–H and O–H groups in total. The maximum atomic E-state index is 5.69. The summed E-state index contributed by atoms with van der Waals surface area (Å²) < 4.78 is 5.12. The van der Waals surface area contributed by atoms with E-state index in [1.54, 1.807) is 13.2 Å². The van der Waals surface area contributed by atoms with Crippen LogP contribution in [0.3, 0.4) is 0 Å². The minimum Gasteiger partial charge on any atom is -0.481 e. The standard InChI is InChI=1S/C15H14N4O/c1-9-3-4-10-7-11(5-6-12(10)17-9)13-8-14(20-2)19-15(16)18-13/h3-8H,1-2H3,(H2,16,18,19). The monoisotopic (exact) mass is 266 g/mol. The molecule has 0 spiro atoms. The van der Waals surface area contributed by atoms with Crippen LogP contribution in [0.5, 0.6) is 5.88 Å². The molecule has 2 aromatic heterocycles. The van der Waals surface area contributed by atoms with E-state index < -0.39 is 0 Å². The van der Waals surface area contributed by atoms with E-state index in [0.717, 1.165) is 27.9 Å². The molecule has 1 aromatic carbocycles. The van der Waals surface area contributed by atoms with Crippen LogP contribution in [0.15, 0.2) is 36.4 Å². The van der Waals surface area contributed by atoms with Crippen molar-refractivity contribution >= 4 is 16.9 Å². The van der Waals surface area contributed by atoms with Crippen LogP contribution in [0.1, 0.15) is 5.69 Å². The Bertz CT molecular complexity index is 786. The number of nitrogens with two attached hydrogens (primary N) is 1. The summed E-state index contributed by atoms with van der Waals surface area (Å²) >= 11 is 0. The number of hydrogen-bond donors (Lipinski definition) is 1. The zero-order valence-electron chi connectivity index (χ0n) is 11.3. The molecule has 0 aliphatic rings. The fourth-order valence-electron chi connectivity index (χ4n) is 2.08. The van der Waals surface area contributed by atoms with Crippen molar-refractivity contribution < 1.29 is 4.74 Å². The van der Waals surface area contributed by atoms with Crippen LogP contribution in [0.25, 0.3) is 22.2 Å². The zero-order valence-corrected chi connectivity index (χ0v) is 11.3. The third-order valence-electron chi connectivity index (χ3n) is 3.05. The Morgan fingerprint density at radius 2 is 1.85 bits per heavy atom. The summed E-state index contributed by atoms with van der Waals surface area (Å²) in [6, 6.07) is 11.8. The van der Waals surface area contributed by atoms with Gasteiger partial charge in [-0.25, -0.2) is 4.98 Å². The lowest BCUT2D eigenvalue weighted by Crippen LogP contribution is -1.99. The molecule has 0 amide bonds. The van der Waals surface area contributed by atoms with Crippen molar-refractivity contribution in [1.82, 2.24) is 15.0 Å². The highest BCUT2D eigenvalue weighted by atomic mass is 16.5. The molecule has 2 heterocycles. The third-order valence-corrected chi connectivity index (χ3v) is 3.05. The number of fused-ring (bicyclic) bond motifs is 1. The second kappa shape index (κ2) is 4.77. The van der Waals surface area contributed by atoms with E-state index >= 15 is 0 Å². The molecule has 0 atom stereocenters. The summed E-state index contributed by atoms with van der Waals surface area (Å²) in [6.07, 6.45) is 0. The molecular weight excluding hydrogens is 252 g/mol. The number of nitrogen functional groups attached to an aromatic ring is 1. The molecule has 0 aliphatic heterocycles. The molecule has 20 heavy (non-hydrogen) atoms. The first-order chi connectivity index (χ1) is 9.65. The Labute approximate surface area is 116 Å². The Balaban J connectivity index is 2.14. The summed E-state index contributed by atoms with van der Waals surface area (Å²) in [4.78, 5) is 12.7. The number of rotatable bonds is 2. The second-order valence-corrected chi connectivity index (χ2v) is 4.51. The topological polar surface area (TPSA) is 73.9 Å². The van der Waals surface area contributed by atoms with Crippen LogP contribution in [-0.4, -0.2) is 22.1 Å². The SMILES string of the molecule is COc1cc(-c2ccc3nc(C)ccc3c2)nc(N)n1. The van der Waals surface area contributed by atoms with Gasteiger partial charge in [-0.3, -0.25) is 4.98 Å². The predicted octanol–water partition coefficient (Wildman–Crippen LogP) is 2.59. The van der Waals surface area contributed by atoms with Gasteiger partial charge in [-0.05, 0) is 25.1 Å². The van der Waals surface area contributed by atoms with Crippen LogP contribution < -0.4 is 10.5 Å². The highest BCUT2D eigenvalue weighted by Crippen LogP contribution is 2.25. The molecule has 0 saturated heterocycles. The van der Waals surface area contributed by atoms with Gasteiger partial charge in [-0.15, -0.1) is 0 Å². The van der Waals surface area contributed by atoms with Crippen LogP contribution in [0.4, 0.5) is 5.95 Å². The summed E-state index contributed by atoms with van der Waals surface area (Å²) in [6.45, 7) is 1.98. The first-order valence-corrected chi connectivity index (χ1v) is 6.22. The number of nitrogens with zero attached hydrogens (tertiary/aromatic N) is 3. The molecule has 3 rings (SSSR count). The van der Waals surface area contributed by atoms with Crippen molar-refractivity contribution in [2.24, 2.45) is 0 Å². The number of methoxy groups -OCH3 is 1. The molecule has 3 aromatic rings. The van der Waals surface area contributed by atoms with Gasteiger partial charge in [0.2, 0.25) is 11.8 Å². The van der Waals surface area contributed by atoms with Crippen LogP contribution >= 0.6 is 0 Å². The van der Waals surface area contributed by atoms with Crippen molar-refractivity contribution in [3.05, 3.63) is 42.1 Å². The van der Waals surface area contributed by atoms with Crippen molar-refractivity contribution in [1.29, 1.82) is 0 Å². The Hall–Kier alpha value is -2.69. The van der Waals surface area contributed by atoms with Gasteiger partial charge in [-0.1, -0.05) is 12.1 Å². The van der Waals surface area contributed by atoms with Crippen molar-refractivity contribution in [3.8, 4) is 17.1 Å². The first-order valence-electron chi connectivity index (χ1n) is 6.22. The maximum absolute atomic E-state index is 5.69. The highest BCUT2D eigenvalue weighted by Gasteiger charge is 2.06. The van der Waals surface area contributed by atoms with E-state index in [-0.39, 0.29) is 5.95 Å². The fourth-order valence-corrected chi connectivity index (χ4v) is 2.08. The number of aryl methyl sites for hydroxylation is 1. The van der Waals surface area contributed by atoms with Gasteiger partial charge in [-0.2, -0.15) is 4.98 Å². The summed E-state index contributed by atoms with van der Waals surface area (Å²) in [5, 5.41) is 1.06.